The van der Waals surface area contributed by atoms with Gasteiger partial charge in [-0.05, 0) is 18.8 Å². The van der Waals surface area contributed by atoms with Gasteiger partial charge in [0.05, 0.1) is 12.7 Å². The van der Waals surface area contributed by atoms with Gasteiger partial charge in [-0.1, -0.05) is 19.8 Å². The third-order valence-corrected chi connectivity index (χ3v) is 2.36. The summed E-state index contributed by atoms with van der Waals surface area (Å²) in [5.41, 5.74) is 5.36. The Balaban J connectivity index is 2.12. The summed E-state index contributed by atoms with van der Waals surface area (Å²) in [6, 6.07) is 0. The first-order chi connectivity index (χ1) is 5.33. The first kappa shape index (κ1) is 9.01. The molecule has 0 heterocycles. The number of rotatable bonds is 3. The van der Waals surface area contributed by atoms with Crippen LogP contribution in [0.4, 0.5) is 0 Å². The molecule has 1 saturated carbocycles. The van der Waals surface area contributed by atoms with Crippen LogP contribution in [0, 0.1) is 5.92 Å². The molecule has 0 bridgehead atoms. The van der Waals surface area contributed by atoms with E-state index in [1.807, 2.05) is 0 Å². The fourth-order valence-corrected chi connectivity index (χ4v) is 1.76. The smallest absolute Gasteiger partial charge is 0.0592 e. The molecule has 0 aromatic carbocycles. The molecule has 0 saturated heterocycles. The topological polar surface area (TPSA) is 35.2 Å². The molecule has 11 heavy (non-hydrogen) atoms. The molecule has 0 aromatic heterocycles. The van der Waals surface area contributed by atoms with E-state index in [1.165, 1.54) is 25.7 Å². The van der Waals surface area contributed by atoms with Crippen molar-refractivity contribution >= 4 is 0 Å². The van der Waals surface area contributed by atoms with Crippen molar-refractivity contribution in [1.29, 1.82) is 0 Å². The highest BCUT2D eigenvalue weighted by atomic mass is 16.5. The molecule has 0 amide bonds. The second-order valence-electron chi connectivity index (χ2n) is 3.55. The highest BCUT2D eigenvalue weighted by Crippen LogP contribution is 2.25. The minimum Gasteiger partial charge on any atom is -0.377 e. The Morgan fingerprint density at radius 2 is 2.27 bits per heavy atom. The molecular weight excluding hydrogens is 138 g/mol. The Morgan fingerprint density at radius 1 is 1.45 bits per heavy atom. The zero-order valence-electron chi connectivity index (χ0n) is 7.38. The summed E-state index contributed by atoms with van der Waals surface area (Å²) in [5, 5.41) is 0. The predicted octanol–water partition coefficient (Wildman–Crippen LogP) is 1.54. The molecule has 2 nitrogen and oxygen atoms in total. The Morgan fingerprint density at radius 3 is 2.91 bits per heavy atom. The number of hydrogen-bond acceptors (Lipinski definition) is 2. The van der Waals surface area contributed by atoms with Crippen LogP contribution in [0.2, 0.25) is 0 Å². The van der Waals surface area contributed by atoms with Gasteiger partial charge in [-0.2, -0.15) is 0 Å². The fourth-order valence-electron chi connectivity index (χ4n) is 1.76. The predicted molar refractivity (Wildman–Crippen MR) is 46.4 cm³/mol. The summed E-state index contributed by atoms with van der Waals surface area (Å²) in [4.78, 5) is 0. The molecule has 0 radical (unpaired) electrons. The lowest BCUT2D eigenvalue weighted by Gasteiger charge is -2.26. The lowest BCUT2D eigenvalue weighted by molar-refractivity contribution is 0.0200. The van der Waals surface area contributed by atoms with E-state index in [-0.39, 0.29) is 0 Å². The summed E-state index contributed by atoms with van der Waals surface area (Å²) >= 11 is 0. The van der Waals surface area contributed by atoms with Crippen LogP contribution in [-0.4, -0.2) is 19.3 Å². The van der Waals surface area contributed by atoms with Crippen molar-refractivity contribution in [2.45, 2.75) is 38.7 Å². The average molecular weight is 157 g/mol. The van der Waals surface area contributed by atoms with Gasteiger partial charge in [0.2, 0.25) is 0 Å². The van der Waals surface area contributed by atoms with Crippen molar-refractivity contribution in [3.63, 3.8) is 0 Å². The molecule has 2 heteroatoms. The number of hydrogen-bond donors (Lipinski definition) is 1. The lowest BCUT2D eigenvalue weighted by atomic mass is 9.89. The third-order valence-electron chi connectivity index (χ3n) is 2.36. The molecule has 2 N–H and O–H groups in total. The van der Waals surface area contributed by atoms with Gasteiger partial charge in [0.1, 0.15) is 0 Å². The first-order valence-corrected chi connectivity index (χ1v) is 4.64. The average Bonchev–Trinajstić information content (AvgIpc) is 2.01. The second-order valence-corrected chi connectivity index (χ2v) is 3.55. The Bertz CT molecular complexity index is 106. The standard InChI is InChI=1S/C9H19NO/c1-8-3-2-4-9(7-8)11-6-5-10/h8-9H,2-7,10H2,1H3. The van der Waals surface area contributed by atoms with Crippen LogP contribution in [0.3, 0.4) is 0 Å². The largest absolute Gasteiger partial charge is 0.377 e. The van der Waals surface area contributed by atoms with Gasteiger partial charge < -0.3 is 10.5 Å². The van der Waals surface area contributed by atoms with Crippen LogP contribution < -0.4 is 5.73 Å². The number of nitrogens with two attached hydrogens (primary N) is 1. The van der Waals surface area contributed by atoms with Gasteiger partial charge in [-0.15, -0.1) is 0 Å². The highest BCUT2D eigenvalue weighted by Gasteiger charge is 2.18. The van der Waals surface area contributed by atoms with Crippen LogP contribution in [-0.2, 0) is 4.74 Å². The van der Waals surface area contributed by atoms with Crippen molar-refractivity contribution in [3.8, 4) is 0 Å². The maximum absolute atomic E-state index is 5.58. The van der Waals surface area contributed by atoms with Crippen LogP contribution in [0.1, 0.15) is 32.6 Å². The first-order valence-electron chi connectivity index (χ1n) is 4.64. The molecular formula is C9H19NO. The van der Waals surface area contributed by atoms with E-state index in [4.69, 9.17) is 10.5 Å². The molecule has 1 fully saturated rings. The molecule has 1 aliphatic rings. The van der Waals surface area contributed by atoms with E-state index in [1.54, 1.807) is 0 Å². The van der Waals surface area contributed by atoms with E-state index < -0.39 is 0 Å². The van der Waals surface area contributed by atoms with Gasteiger partial charge in [0, 0.05) is 6.54 Å². The van der Waals surface area contributed by atoms with E-state index in [2.05, 4.69) is 6.92 Å². The molecule has 2 unspecified atom stereocenters. The van der Waals surface area contributed by atoms with E-state index in [0.29, 0.717) is 12.6 Å². The molecule has 0 aliphatic heterocycles. The van der Waals surface area contributed by atoms with Crippen molar-refractivity contribution in [2.24, 2.45) is 11.7 Å². The fraction of sp³-hybridized carbons (Fsp3) is 1.00. The van der Waals surface area contributed by atoms with Crippen LogP contribution in [0.15, 0.2) is 0 Å². The van der Waals surface area contributed by atoms with E-state index in [9.17, 15) is 0 Å². The molecule has 1 aliphatic carbocycles. The van der Waals surface area contributed by atoms with Gasteiger partial charge in [0.25, 0.3) is 0 Å². The molecule has 0 aromatic rings. The minimum atomic E-state index is 0.502. The van der Waals surface area contributed by atoms with Gasteiger partial charge >= 0.3 is 0 Å². The summed E-state index contributed by atoms with van der Waals surface area (Å²) < 4.78 is 5.58. The normalized spacial score (nSPS) is 32.2. The molecule has 2 atom stereocenters. The maximum Gasteiger partial charge on any atom is 0.0592 e. The summed E-state index contributed by atoms with van der Waals surface area (Å²) in [6.45, 7) is 3.69. The van der Waals surface area contributed by atoms with Gasteiger partial charge in [-0.25, -0.2) is 0 Å². The van der Waals surface area contributed by atoms with Crippen molar-refractivity contribution in [1.82, 2.24) is 0 Å². The van der Waals surface area contributed by atoms with E-state index >= 15 is 0 Å². The minimum absolute atomic E-state index is 0.502. The summed E-state index contributed by atoms with van der Waals surface area (Å²) in [6.07, 6.45) is 5.69. The Labute approximate surface area is 69.1 Å². The summed E-state index contributed by atoms with van der Waals surface area (Å²) in [7, 11) is 0. The Kier molecular flexibility index (Phi) is 3.87. The zero-order valence-corrected chi connectivity index (χ0v) is 7.38. The van der Waals surface area contributed by atoms with Gasteiger partial charge in [0.15, 0.2) is 0 Å². The number of ether oxygens (including phenoxy) is 1. The van der Waals surface area contributed by atoms with E-state index in [0.717, 1.165) is 12.5 Å². The zero-order chi connectivity index (χ0) is 8.10. The van der Waals surface area contributed by atoms with Crippen molar-refractivity contribution < 1.29 is 4.74 Å². The monoisotopic (exact) mass is 157 g/mol. The quantitative estimate of drug-likeness (QED) is 0.674. The van der Waals surface area contributed by atoms with Crippen LogP contribution in [0.25, 0.3) is 0 Å². The molecule has 66 valence electrons. The Hall–Kier alpha value is -0.0800. The lowest BCUT2D eigenvalue weighted by Crippen LogP contribution is -2.24. The maximum atomic E-state index is 5.58. The SMILES string of the molecule is CC1CCCC(OCCN)C1. The van der Waals surface area contributed by atoms with Crippen LogP contribution in [0.5, 0.6) is 0 Å². The molecule has 0 spiro atoms. The van der Waals surface area contributed by atoms with Crippen molar-refractivity contribution in [2.75, 3.05) is 13.2 Å². The molecule has 1 rings (SSSR count). The second kappa shape index (κ2) is 4.73. The van der Waals surface area contributed by atoms with Crippen LogP contribution >= 0.6 is 0 Å². The highest BCUT2D eigenvalue weighted by molar-refractivity contribution is 4.70. The van der Waals surface area contributed by atoms with Gasteiger partial charge in [-0.3, -0.25) is 0 Å². The third kappa shape index (κ3) is 3.21. The summed E-state index contributed by atoms with van der Waals surface area (Å²) in [5.74, 6) is 0.853. The van der Waals surface area contributed by atoms with Crippen molar-refractivity contribution in [3.05, 3.63) is 0 Å².